The van der Waals surface area contributed by atoms with Crippen LogP contribution >= 0.6 is 0 Å². The number of nitrogens with one attached hydrogen (secondary N) is 1. The van der Waals surface area contributed by atoms with E-state index in [9.17, 15) is 14.4 Å². The lowest BCUT2D eigenvalue weighted by molar-refractivity contribution is -0.119. The molecule has 2 N–H and O–H groups in total. The van der Waals surface area contributed by atoms with Gasteiger partial charge in [-0.3, -0.25) is 9.59 Å². The van der Waals surface area contributed by atoms with E-state index in [2.05, 4.69) is 5.32 Å². The molecule has 6 nitrogen and oxygen atoms in total. The number of likely N-dealkylation sites (tertiary alicyclic amines) is 1. The fourth-order valence-corrected chi connectivity index (χ4v) is 2.45. The molecule has 0 bridgehead atoms. The summed E-state index contributed by atoms with van der Waals surface area (Å²) in [6.07, 6.45) is 1.47. The summed E-state index contributed by atoms with van der Waals surface area (Å²) in [6.45, 7) is 2.66. The molecule has 112 valence electrons. The first kappa shape index (κ1) is 15.0. The number of aromatic carboxylic acids is 1. The summed E-state index contributed by atoms with van der Waals surface area (Å²) in [5, 5.41) is 11.7. The SMILES string of the molecule is CC(=O)NC1CCN(C(=O)c2ccc(C(=O)O)cc2)CC1. The molecule has 0 radical (unpaired) electrons. The number of carboxylic acids is 1. The van der Waals surface area contributed by atoms with Crippen LogP contribution in [0.3, 0.4) is 0 Å². The summed E-state index contributed by atoms with van der Waals surface area (Å²) >= 11 is 0. The lowest BCUT2D eigenvalue weighted by atomic mass is 10.0. The maximum absolute atomic E-state index is 12.3. The molecule has 1 aliphatic heterocycles. The molecule has 1 saturated heterocycles. The molecular weight excluding hydrogens is 272 g/mol. The van der Waals surface area contributed by atoms with Crippen molar-refractivity contribution in [3.63, 3.8) is 0 Å². The minimum absolute atomic E-state index is 0.0518. The zero-order valence-corrected chi connectivity index (χ0v) is 11.8. The van der Waals surface area contributed by atoms with Gasteiger partial charge in [-0.25, -0.2) is 4.79 Å². The Bertz CT molecular complexity index is 545. The molecule has 0 atom stereocenters. The van der Waals surface area contributed by atoms with Gasteiger partial charge in [-0.15, -0.1) is 0 Å². The molecule has 21 heavy (non-hydrogen) atoms. The van der Waals surface area contributed by atoms with Crippen LogP contribution in [-0.2, 0) is 4.79 Å². The number of piperidine rings is 1. The predicted molar refractivity (Wildman–Crippen MR) is 76.1 cm³/mol. The Balaban J connectivity index is 1.95. The Morgan fingerprint density at radius 1 is 1.10 bits per heavy atom. The first-order valence-corrected chi connectivity index (χ1v) is 6.87. The van der Waals surface area contributed by atoms with Gasteiger partial charge in [-0.05, 0) is 37.1 Å². The molecule has 2 rings (SSSR count). The fraction of sp³-hybridized carbons (Fsp3) is 0.400. The number of carbonyl (C=O) groups is 3. The second-order valence-corrected chi connectivity index (χ2v) is 5.15. The van der Waals surface area contributed by atoms with Crippen LogP contribution in [0.5, 0.6) is 0 Å². The molecule has 0 saturated carbocycles. The van der Waals surface area contributed by atoms with Gasteiger partial charge < -0.3 is 15.3 Å². The summed E-state index contributed by atoms with van der Waals surface area (Å²) in [5.41, 5.74) is 0.647. The van der Waals surface area contributed by atoms with Crippen LogP contribution in [0.25, 0.3) is 0 Å². The smallest absolute Gasteiger partial charge is 0.335 e. The minimum atomic E-state index is -1.01. The summed E-state index contributed by atoms with van der Waals surface area (Å²) < 4.78 is 0. The zero-order valence-electron chi connectivity index (χ0n) is 11.8. The second-order valence-electron chi connectivity index (χ2n) is 5.15. The lowest BCUT2D eigenvalue weighted by Gasteiger charge is -2.32. The Morgan fingerprint density at radius 3 is 2.10 bits per heavy atom. The Kier molecular flexibility index (Phi) is 4.57. The molecule has 1 aromatic carbocycles. The van der Waals surface area contributed by atoms with Gasteiger partial charge in [-0.2, -0.15) is 0 Å². The number of hydrogen-bond acceptors (Lipinski definition) is 3. The number of nitrogens with zero attached hydrogens (tertiary/aromatic N) is 1. The van der Waals surface area contributed by atoms with Crippen LogP contribution in [0.1, 0.15) is 40.5 Å². The number of carbonyl (C=O) groups excluding carboxylic acids is 2. The normalized spacial score (nSPS) is 15.6. The van der Waals surface area contributed by atoms with Crippen LogP contribution in [0.2, 0.25) is 0 Å². The number of rotatable bonds is 3. The topological polar surface area (TPSA) is 86.7 Å². The van der Waals surface area contributed by atoms with Gasteiger partial charge in [0.1, 0.15) is 0 Å². The highest BCUT2D eigenvalue weighted by molar-refractivity contribution is 5.96. The van der Waals surface area contributed by atoms with E-state index in [-0.39, 0.29) is 23.4 Å². The van der Waals surface area contributed by atoms with Crippen molar-refractivity contribution >= 4 is 17.8 Å². The van der Waals surface area contributed by atoms with Crippen LogP contribution in [0, 0.1) is 0 Å². The van der Waals surface area contributed by atoms with Crippen LogP contribution < -0.4 is 5.32 Å². The van der Waals surface area contributed by atoms with Crippen molar-refractivity contribution in [2.75, 3.05) is 13.1 Å². The van der Waals surface area contributed by atoms with E-state index in [0.717, 1.165) is 12.8 Å². The maximum atomic E-state index is 12.3. The summed E-state index contributed by atoms with van der Waals surface area (Å²) in [6, 6.07) is 6.05. The van der Waals surface area contributed by atoms with Crippen molar-refractivity contribution in [1.82, 2.24) is 10.2 Å². The summed E-state index contributed by atoms with van der Waals surface area (Å²) in [7, 11) is 0. The largest absolute Gasteiger partial charge is 0.478 e. The number of carboxylic acid groups (broad SMARTS) is 1. The Hall–Kier alpha value is -2.37. The fourth-order valence-electron chi connectivity index (χ4n) is 2.45. The van der Waals surface area contributed by atoms with Crippen molar-refractivity contribution in [3.05, 3.63) is 35.4 Å². The first-order valence-electron chi connectivity index (χ1n) is 6.87. The van der Waals surface area contributed by atoms with Crippen LogP contribution in [0.4, 0.5) is 0 Å². The van der Waals surface area contributed by atoms with E-state index in [1.807, 2.05) is 0 Å². The predicted octanol–water partition coefficient (Wildman–Crippen LogP) is 1.13. The van der Waals surface area contributed by atoms with Gasteiger partial charge in [0.25, 0.3) is 5.91 Å². The van der Waals surface area contributed by atoms with Gasteiger partial charge >= 0.3 is 5.97 Å². The molecule has 0 aromatic heterocycles. The van der Waals surface area contributed by atoms with E-state index in [0.29, 0.717) is 18.7 Å². The molecule has 1 heterocycles. The zero-order chi connectivity index (χ0) is 15.4. The standard InChI is InChI=1S/C15H18N2O4/c1-10(18)16-13-6-8-17(9-7-13)14(19)11-2-4-12(5-3-11)15(20)21/h2-5,13H,6-9H2,1H3,(H,16,18)(H,20,21). The van der Waals surface area contributed by atoms with E-state index >= 15 is 0 Å². The second kappa shape index (κ2) is 6.39. The van der Waals surface area contributed by atoms with E-state index < -0.39 is 5.97 Å². The first-order chi connectivity index (χ1) is 9.97. The Labute approximate surface area is 122 Å². The third-order valence-corrected chi connectivity index (χ3v) is 3.57. The van der Waals surface area contributed by atoms with E-state index in [1.54, 1.807) is 4.90 Å². The molecule has 1 aromatic rings. The number of hydrogen-bond donors (Lipinski definition) is 2. The molecule has 1 fully saturated rings. The highest BCUT2D eigenvalue weighted by atomic mass is 16.4. The quantitative estimate of drug-likeness (QED) is 0.873. The maximum Gasteiger partial charge on any atom is 0.335 e. The van der Waals surface area contributed by atoms with Gasteiger partial charge in [-0.1, -0.05) is 0 Å². The highest BCUT2D eigenvalue weighted by Crippen LogP contribution is 2.14. The summed E-state index contributed by atoms with van der Waals surface area (Å²) in [5.74, 6) is -1.16. The van der Waals surface area contributed by atoms with Gasteiger partial charge in [0.15, 0.2) is 0 Å². The Morgan fingerprint density at radius 2 is 1.62 bits per heavy atom. The monoisotopic (exact) mass is 290 g/mol. The molecule has 0 aliphatic carbocycles. The van der Waals surface area contributed by atoms with E-state index in [4.69, 9.17) is 5.11 Å². The third-order valence-electron chi connectivity index (χ3n) is 3.57. The average Bonchev–Trinajstić information content (AvgIpc) is 2.47. The molecule has 0 unspecified atom stereocenters. The molecule has 6 heteroatoms. The molecule has 0 spiro atoms. The third kappa shape index (κ3) is 3.81. The van der Waals surface area contributed by atoms with Gasteiger partial charge in [0.2, 0.25) is 5.91 Å². The van der Waals surface area contributed by atoms with Crippen molar-refractivity contribution in [2.24, 2.45) is 0 Å². The molecule has 1 aliphatic rings. The van der Waals surface area contributed by atoms with Crippen LogP contribution in [-0.4, -0.2) is 46.9 Å². The highest BCUT2D eigenvalue weighted by Gasteiger charge is 2.24. The van der Waals surface area contributed by atoms with Crippen molar-refractivity contribution < 1.29 is 19.5 Å². The molecular formula is C15H18N2O4. The summed E-state index contributed by atoms with van der Waals surface area (Å²) in [4.78, 5) is 35.8. The number of amides is 2. The molecule has 2 amide bonds. The van der Waals surface area contributed by atoms with Crippen LogP contribution in [0.15, 0.2) is 24.3 Å². The van der Waals surface area contributed by atoms with Gasteiger partial charge in [0.05, 0.1) is 5.56 Å². The van der Waals surface area contributed by atoms with Crippen molar-refractivity contribution in [2.45, 2.75) is 25.8 Å². The van der Waals surface area contributed by atoms with Gasteiger partial charge in [0, 0.05) is 31.6 Å². The van der Waals surface area contributed by atoms with Crippen molar-refractivity contribution in [1.29, 1.82) is 0 Å². The van der Waals surface area contributed by atoms with E-state index in [1.165, 1.54) is 31.2 Å². The number of benzene rings is 1. The van der Waals surface area contributed by atoms with Crippen molar-refractivity contribution in [3.8, 4) is 0 Å². The minimum Gasteiger partial charge on any atom is -0.478 e. The average molecular weight is 290 g/mol. The lowest BCUT2D eigenvalue weighted by Crippen LogP contribution is -2.46.